The van der Waals surface area contributed by atoms with Crippen LogP contribution in [0.1, 0.15) is 33.1 Å². The van der Waals surface area contributed by atoms with Gasteiger partial charge in [-0.2, -0.15) is 0 Å². The molecule has 0 amide bonds. The topological polar surface area (TPSA) is 104 Å². The minimum atomic E-state index is -3.51. The van der Waals surface area contributed by atoms with Gasteiger partial charge >= 0.3 is 5.97 Å². The number of carbonyl (C=O) groups is 1. The van der Waals surface area contributed by atoms with Crippen LogP contribution in [0.4, 0.5) is 0 Å². The second-order valence-electron chi connectivity index (χ2n) is 4.44. The van der Waals surface area contributed by atoms with Gasteiger partial charge in [-0.1, -0.05) is 13.8 Å². The van der Waals surface area contributed by atoms with Crippen molar-refractivity contribution in [3.05, 3.63) is 0 Å². The maximum absolute atomic E-state index is 11.5. The highest BCUT2D eigenvalue weighted by molar-refractivity contribution is 7.89. The number of hydrogen-bond acceptors (Lipinski definition) is 4. The van der Waals surface area contributed by atoms with E-state index < -0.39 is 22.0 Å². The monoisotopic (exact) mass is 267 g/mol. The number of aliphatic hydroxyl groups is 1. The normalized spacial score (nSPS) is 13.9. The van der Waals surface area contributed by atoms with Gasteiger partial charge in [-0.05, 0) is 18.8 Å². The van der Waals surface area contributed by atoms with E-state index >= 15 is 0 Å². The predicted molar refractivity (Wildman–Crippen MR) is 64.1 cm³/mol. The Morgan fingerprint density at radius 1 is 1.35 bits per heavy atom. The average Bonchev–Trinajstić information content (AvgIpc) is 2.14. The van der Waals surface area contributed by atoms with Crippen molar-refractivity contribution >= 4 is 16.0 Å². The summed E-state index contributed by atoms with van der Waals surface area (Å²) in [7, 11) is -3.51. The third-order valence-corrected chi connectivity index (χ3v) is 3.64. The molecule has 0 rings (SSSR count). The quantitative estimate of drug-likeness (QED) is 0.553. The lowest BCUT2D eigenvalue weighted by Gasteiger charge is -2.18. The third-order valence-electron chi connectivity index (χ3n) is 2.13. The SMILES string of the molecule is CC(C)CC(CO)NS(=O)(=O)CCCC(=O)O. The first kappa shape index (κ1) is 16.3. The molecule has 0 bridgehead atoms. The molecular weight excluding hydrogens is 246 g/mol. The molecular formula is C10H21NO5S. The van der Waals surface area contributed by atoms with Crippen LogP contribution in [0.2, 0.25) is 0 Å². The summed E-state index contributed by atoms with van der Waals surface area (Å²) in [5, 5.41) is 17.4. The number of rotatable bonds is 9. The molecule has 0 aromatic carbocycles. The number of sulfonamides is 1. The van der Waals surface area contributed by atoms with Gasteiger partial charge in [0.2, 0.25) is 10.0 Å². The van der Waals surface area contributed by atoms with Crippen LogP contribution in [-0.2, 0) is 14.8 Å². The number of hydrogen-bond donors (Lipinski definition) is 3. The second kappa shape index (κ2) is 7.62. The van der Waals surface area contributed by atoms with Crippen molar-refractivity contribution in [3.63, 3.8) is 0 Å². The van der Waals surface area contributed by atoms with Crippen LogP contribution in [0.5, 0.6) is 0 Å². The van der Waals surface area contributed by atoms with E-state index in [4.69, 9.17) is 10.2 Å². The number of aliphatic carboxylic acids is 1. The second-order valence-corrected chi connectivity index (χ2v) is 6.32. The van der Waals surface area contributed by atoms with Crippen molar-refractivity contribution in [2.24, 2.45) is 5.92 Å². The Morgan fingerprint density at radius 3 is 2.35 bits per heavy atom. The smallest absolute Gasteiger partial charge is 0.303 e. The Morgan fingerprint density at radius 2 is 1.94 bits per heavy atom. The fraction of sp³-hybridized carbons (Fsp3) is 0.900. The first-order chi connectivity index (χ1) is 7.76. The Kier molecular flexibility index (Phi) is 7.33. The van der Waals surface area contributed by atoms with Crippen LogP contribution in [0.25, 0.3) is 0 Å². The molecule has 0 aliphatic carbocycles. The zero-order chi connectivity index (χ0) is 13.5. The van der Waals surface area contributed by atoms with E-state index in [0.717, 1.165) is 0 Å². The number of aliphatic hydroxyl groups excluding tert-OH is 1. The predicted octanol–water partition coefficient (Wildman–Crippen LogP) is 0.178. The molecule has 0 aliphatic heterocycles. The van der Waals surface area contributed by atoms with Crippen LogP contribution in [0.3, 0.4) is 0 Å². The van der Waals surface area contributed by atoms with Crippen LogP contribution in [0.15, 0.2) is 0 Å². The van der Waals surface area contributed by atoms with Crippen LogP contribution in [0, 0.1) is 5.92 Å². The number of carboxylic acids is 1. The summed E-state index contributed by atoms with van der Waals surface area (Å²) in [5.74, 6) is -0.969. The molecule has 0 saturated heterocycles. The van der Waals surface area contributed by atoms with Crippen LogP contribution >= 0.6 is 0 Å². The number of nitrogens with one attached hydrogen (secondary N) is 1. The van der Waals surface area contributed by atoms with E-state index in [2.05, 4.69) is 4.72 Å². The fourth-order valence-electron chi connectivity index (χ4n) is 1.46. The highest BCUT2D eigenvalue weighted by atomic mass is 32.2. The van der Waals surface area contributed by atoms with Crippen molar-refractivity contribution in [2.45, 2.75) is 39.2 Å². The summed E-state index contributed by atoms with van der Waals surface area (Å²) >= 11 is 0. The lowest BCUT2D eigenvalue weighted by molar-refractivity contribution is -0.137. The standard InChI is InChI=1S/C10H21NO5S/c1-8(2)6-9(7-12)11-17(15,16)5-3-4-10(13)14/h8-9,11-12H,3-7H2,1-2H3,(H,13,14). The van der Waals surface area contributed by atoms with E-state index in [1.807, 2.05) is 13.8 Å². The number of carboxylic acid groups (broad SMARTS) is 1. The zero-order valence-electron chi connectivity index (χ0n) is 10.2. The van der Waals surface area contributed by atoms with Crippen molar-refractivity contribution in [3.8, 4) is 0 Å². The Balaban J connectivity index is 4.17. The van der Waals surface area contributed by atoms with Gasteiger partial charge in [0.1, 0.15) is 0 Å². The maximum atomic E-state index is 11.5. The van der Waals surface area contributed by atoms with Crippen LogP contribution in [-0.4, -0.2) is 43.0 Å². The molecule has 0 heterocycles. The van der Waals surface area contributed by atoms with Gasteiger partial charge in [0, 0.05) is 12.5 Å². The van der Waals surface area contributed by atoms with Crippen LogP contribution < -0.4 is 4.72 Å². The molecule has 3 N–H and O–H groups in total. The molecule has 0 aromatic heterocycles. The van der Waals surface area contributed by atoms with E-state index in [9.17, 15) is 13.2 Å². The van der Waals surface area contributed by atoms with E-state index in [1.165, 1.54) is 0 Å². The summed E-state index contributed by atoms with van der Waals surface area (Å²) in [4.78, 5) is 10.3. The maximum Gasteiger partial charge on any atom is 0.303 e. The molecule has 102 valence electrons. The molecule has 0 aromatic rings. The van der Waals surface area contributed by atoms with Crippen molar-refractivity contribution in [1.82, 2.24) is 4.72 Å². The summed E-state index contributed by atoms with van der Waals surface area (Å²) in [6, 6.07) is -0.496. The van der Waals surface area contributed by atoms with Gasteiger partial charge < -0.3 is 10.2 Å². The zero-order valence-corrected chi connectivity index (χ0v) is 11.0. The first-order valence-corrected chi connectivity index (χ1v) is 7.24. The van der Waals surface area contributed by atoms with Crippen molar-refractivity contribution in [2.75, 3.05) is 12.4 Å². The third kappa shape index (κ3) is 9.08. The molecule has 6 nitrogen and oxygen atoms in total. The molecule has 7 heteroatoms. The van der Waals surface area contributed by atoms with Gasteiger partial charge in [-0.25, -0.2) is 13.1 Å². The van der Waals surface area contributed by atoms with Gasteiger partial charge in [0.15, 0.2) is 0 Å². The largest absolute Gasteiger partial charge is 0.481 e. The van der Waals surface area contributed by atoms with Gasteiger partial charge in [-0.3, -0.25) is 4.79 Å². The van der Waals surface area contributed by atoms with Gasteiger partial charge in [0.25, 0.3) is 0 Å². The molecule has 1 unspecified atom stereocenters. The summed E-state index contributed by atoms with van der Waals surface area (Å²) in [6.45, 7) is 3.61. The van der Waals surface area contributed by atoms with Gasteiger partial charge in [-0.15, -0.1) is 0 Å². The van der Waals surface area contributed by atoms with E-state index in [-0.39, 0.29) is 31.1 Å². The van der Waals surface area contributed by atoms with E-state index in [1.54, 1.807) is 0 Å². The molecule has 17 heavy (non-hydrogen) atoms. The average molecular weight is 267 g/mol. The molecule has 1 atom stereocenters. The fourth-order valence-corrected chi connectivity index (χ4v) is 2.78. The van der Waals surface area contributed by atoms with Crippen molar-refractivity contribution < 1.29 is 23.4 Å². The highest BCUT2D eigenvalue weighted by Crippen LogP contribution is 2.06. The Labute approximate surface area is 102 Å². The highest BCUT2D eigenvalue weighted by Gasteiger charge is 2.18. The Bertz CT molecular complexity index is 326. The summed E-state index contributed by atoms with van der Waals surface area (Å²) in [5.41, 5.74) is 0. The minimum absolute atomic E-state index is 0.0739. The first-order valence-electron chi connectivity index (χ1n) is 5.59. The van der Waals surface area contributed by atoms with Crippen molar-refractivity contribution in [1.29, 1.82) is 0 Å². The summed E-state index contributed by atoms with van der Waals surface area (Å²) in [6.07, 6.45) is 0.452. The molecule has 0 fully saturated rings. The lowest BCUT2D eigenvalue weighted by atomic mass is 10.1. The summed E-state index contributed by atoms with van der Waals surface area (Å²) < 4.78 is 25.5. The Hall–Kier alpha value is -0.660. The van der Waals surface area contributed by atoms with E-state index in [0.29, 0.717) is 6.42 Å². The minimum Gasteiger partial charge on any atom is -0.481 e. The molecule has 0 aliphatic rings. The molecule has 0 spiro atoms. The molecule has 0 radical (unpaired) electrons. The molecule has 0 saturated carbocycles. The van der Waals surface area contributed by atoms with Gasteiger partial charge in [0.05, 0.1) is 12.4 Å². The lowest BCUT2D eigenvalue weighted by Crippen LogP contribution is -2.39.